The second-order valence-corrected chi connectivity index (χ2v) is 5.34. The Labute approximate surface area is 107 Å². The molecule has 4 nitrogen and oxygen atoms in total. The van der Waals surface area contributed by atoms with Gasteiger partial charge in [0.05, 0.1) is 24.5 Å². The van der Waals surface area contributed by atoms with E-state index in [2.05, 4.69) is 4.98 Å². The Kier molecular flexibility index (Phi) is 3.11. The van der Waals surface area contributed by atoms with Crippen molar-refractivity contribution in [2.45, 2.75) is 38.9 Å². The number of hydrogen-bond acceptors (Lipinski definition) is 4. The van der Waals surface area contributed by atoms with Gasteiger partial charge in [0.1, 0.15) is 5.82 Å². The van der Waals surface area contributed by atoms with Crippen LogP contribution in [0, 0.1) is 5.82 Å². The Balaban J connectivity index is 2.34. The average Bonchev–Trinajstić information content (AvgIpc) is 2.48. The zero-order valence-corrected chi connectivity index (χ0v) is 11.3. The van der Waals surface area contributed by atoms with Crippen molar-refractivity contribution in [3.8, 4) is 5.88 Å². The molecule has 0 spiro atoms. The van der Waals surface area contributed by atoms with E-state index in [0.29, 0.717) is 11.3 Å². The number of aromatic nitrogens is 1. The van der Waals surface area contributed by atoms with Gasteiger partial charge in [-0.15, -0.1) is 0 Å². The highest BCUT2D eigenvalue weighted by molar-refractivity contribution is 6.62. The zero-order chi connectivity index (χ0) is 13.6. The van der Waals surface area contributed by atoms with Crippen LogP contribution in [0.3, 0.4) is 0 Å². The van der Waals surface area contributed by atoms with E-state index in [-0.39, 0.29) is 0 Å². The molecule has 0 bridgehead atoms. The number of halogens is 1. The summed E-state index contributed by atoms with van der Waals surface area (Å²) in [6.45, 7) is 7.68. The Morgan fingerprint density at radius 3 is 2.28 bits per heavy atom. The van der Waals surface area contributed by atoms with E-state index in [1.165, 1.54) is 13.2 Å². The average molecular weight is 253 g/mol. The molecule has 0 saturated carbocycles. The highest BCUT2D eigenvalue weighted by Crippen LogP contribution is 2.36. The van der Waals surface area contributed by atoms with E-state index in [9.17, 15) is 4.39 Å². The summed E-state index contributed by atoms with van der Waals surface area (Å²) >= 11 is 0. The minimum atomic E-state index is -0.744. The molecular weight excluding hydrogens is 236 g/mol. The van der Waals surface area contributed by atoms with Crippen LogP contribution in [0.4, 0.5) is 4.39 Å². The summed E-state index contributed by atoms with van der Waals surface area (Å²) in [6.07, 6.45) is 1.11. The summed E-state index contributed by atoms with van der Waals surface area (Å²) in [5, 5.41) is 0. The zero-order valence-electron chi connectivity index (χ0n) is 11.3. The number of nitrogens with zero attached hydrogens (tertiary/aromatic N) is 1. The molecule has 0 amide bonds. The van der Waals surface area contributed by atoms with Gasteiger partial charge in [0, 0.05) is 11.5 Å². The van der Waals surface area contributed by atoms with Crippen molar-refractivity contribution in [3.05, 3.63) is 18.1 Å². The Bertz CT molecular complexity index is 449. The van der Waals surface area contributed by atoms with Crippen LogP contribution in [0.5, 0.6) is 5.88 Å². The van der Waals surface area contributed by atoms with E-state index >= 15 is 0 Å². The molecule has 18 heavy (non-hydrogen) atoms. The molecule has 1 fully saturated rings. The van der Waals surface area contributed by atoms with Crippen LogP contribution in [0.15, 0.2) is 12.3 Å². The Hall–Kier alpha value is -1.14. The van der Waals surface area contributed by atoms with Gasteiger partial charge in [-0.1, -0.05) is 0 Å². The minimum absolute atomic E-state index is 0.306. The van der Waals surface area contributed by atoms with Crippen molar-refractivity contribution >= 4 is 12.6 Å². The molecule has 1 aromatic rings. The Morgan fingerprint density at radius 1 is 1.22 bits per heavy atom. The van der Waals surface area contributed by atoms with Crippen LogP contribution >= 0.6 is 0 Å². The Morgan fingerprint density at radius 2 is 1.78 bits per heavy atom. The fourth-order valence-electron chi connectivity index (χ4n) is 1.70. The molecule has 6 heteroatoms. The lowest BCUT2D eigenvalue weighted by Gasteiger charge is -2.32. The number of ether oxygens (including phenoxy) is 1. The fourth-order valence-corrected chi connectivity index (χ4v) is 1.70. The van der Waals surface area contributed by atoms with Crippen LogP contribution in [0.1, 0.15) is 27.7 Å². The predicted octanol–water partition coefficient (Wildman–Crippen LogP) is 1.53. The lowest BCUT2D eigenvalue weighted by molar-refractivity contribution is 0.00578. The van der Waals surface area contributed by atoms with Crippen LogP contribution in [0.25, 0.3) is 0 Å². The molecular formula is C12H17BFNO3. The maximum Gasteiger partial charge on any atom is 0.498 e. The van der Waals surface area contributed by atoms with Gasteiger partial charge in [0.25, 0.3) is 0 Å². The van der Waals surface area contributed by atoms with Crippen molar-refractivity contribution < 1.29 is 18.4 Å². The number of hydrogen-bond donors (Lipinski definition) is 0. The van der Waals surface area contributed by atoms with Crippen molar-refractivity contribution in [3.63, 3.8) is 0 Å². The molecule has 0 unspecified atom stereocenters. The van der Waals surface area contributed by atoms with E-state index in [1.807, 2.05) is 27.7 Å². The summed E-state index contributed by atoms with van der Waals surface area (Å²) < 4.78 is 30.3. The fraction of sp³-hybridized carbons (Fsp3) is 0.583. The first-order valence-corrected chi connectivity index (χ1v) is 5.82. The van der Waals surface area contributed by atoms with E-state index < -0.39 is 24.1 Å². The first kappa shape index (κ1) is 13.3. The van der Waals surface area contributed by atoms with Crippen molar-refractivity contribution in [1.29, 1.82) is 0 Å². The number of rotatable bonds is 2. The third-order valence-corrected chi connectivity index (χ3v) is 3.58. The van der Waals surface area contributed by atoms with Gasteiger partial charge in [-0.25, -0.2) is 9.37 Å². The molecule has 1 aromatic heterocycles. The molecule has 0 aromatic carbocycles. The summed E-state index contributed by atoms with van der Waals surface area (Å²) in [7, 11) is 0.737. The maximum absolute atomic E-state index is 13.8. The standard InChI is InChI=1S/C12H17BFNO3/c1-11(2)12(3,4)18-13(17-11)8-6-10(16-5)15-7-9(8)14/h6-7H,1-5H3. The highest BCUT2D eigenvalue weighted by Gasteiger charge is 2.52. The van der Waals surface area contributed by atoms with E-state index in [4.69, 9.17) is 14.0 Å². The van der Waals surface area contributed by atoms with Gasteiger partial charge >= 0.3 is 7.12 Å². The minimum Gasteiger partial charge on any atom is -0.481 e. The van der Waals surface area contributed by atoms with Crippen LogP contribution in [0.2, 0.25) is 0 Å². The van der Waals surface area contributed by atoms with Gasteiger partial charge in [-0.3, -0.25) is 0 Å². The van der Waals surface area contributed by atoms with Crippen molar-refractivity contribution in [2.24, 2.45) is 0 Å². The molecule has 0 radical (unpaired) electrons. The maximum atomic E-state index is 13.8. The molecule has 2 rings (SSSR count). The van der Waals surface area contributed by atoms with Gasteiger partial charge < -0.3 is 14.0 Å². The molecule has 1 saturated heterocycles. The molecule has 1 aliphatic heterocycles. The van der Waals surface area contributed by atoms with E-state index in [1.54, 1.807) is 0 Å². The smallest absolute Gasteiger partial charge is 0.481 e. The monoisotopic (exact) mass is 253 g/mol. The lowest BCUT2D eigenvalue weighted by Crippen LogP contribution is -2.41. The molecule has 0 aliphatic carbocycles. The summed E-state index contributed by atoms with van der Waals surface area (Å²) in [4.78, 5) is 3.79. The van der Waals surface area contributed by atoms with E-state index in [0.717, 1.165) is 6.20 Å². The normalized spacial score (nSPS) is 21.1. The largest absolute Gasteiger partial charge is 0.498 e. The summed E-state index contributed by atoms with van der Waals surface area (Å²) in [5.41, 5.74) is -0.693. The molecule has 98 valence electrons. The van der Waals surface area contributed by atoms with Crippen LogP contribution in [-0.4, -0.2) is 30.4 Å². The van der Waals surface area contributed by atoms with Crippen LogP contribution < -0.4 is 10.2 Å². The lowest BCUT2D eigenvalue weighted by atomic mass is 9.79. The first-order valence-electron chi connectivity index (χ1n) is 5.82. The topological polar surface area (TPSA) is 40.6 Å². The summed E-state index contributed by atoms with van der Waals surface area (Å²) in [6, 6.07) is 1.50. The third kappa shape index (κ3) is 2.10. The SMILES string of the molecule is COc1cc(B2OC(C)(C)C(C)(C)O2)c(F)cn1. The molecule has 0 atom stereocenters. The van der Waals surface area contributed by atoms with Crippen molar-refractivity contribution in [1.82, 2.24) is 4.98 Å². The van der Waals surface area contributed by atoms with Gasteiger partial charge in [-0.05, 0) is 27.7 Å². The predicted molar refractivity (Wildman–Crippen MR) is 66.5 cm³/mol. The highest BCUT2D eigenvalue weighted by atomic mass is 19.1. The van der Waals surface area contributed by atoms with Crippen molar-refractivity contribution in [2.75, 3.05) is 7.11 Å². The summed E-state index contributed by atoms with van der Waals surface area (Å²) in [5.74, 6) is -0.129. The molecule has 0 N–H and O–H groups in total. The second kappa shape index (κ2) is 4.21. The number of methoxy groups -OCH3 is 1. The van der Waals surface area contributed by atoms with Gasteiger partial charge in [0.2, 0.25) is 5.88 Å². The number of pyridine rings is 1. The first-order chi connectivity index (χ1) is 8.27. The van der Waals surface area contributed by atoms with Gasteiger partial charge in [-0.2, -0.15) is 0 Å². The second-order valence-electron chi connectivity index (χ2n) is 5.34. The molecule has 1 aliphatic rings. The quantitative estimate of drug-likeness (QED) is 0.749. The van der Waals surface area contributed by atoms with Gasteiger partial charge in [0.15, 0.2) is 0 Å². The molecule has 2 heterocycles. The van der Waals surface area contributed by atoms with Crippen LogP contribution in [-0.2, 0) is 9.31 Å². The third-order valence-electron chi connectivity index (χ3n) is 3.58.